The van der Waals surface area contributed by atoms with E-state index in [2.05, 4.69) is 6.58 Å². The largest absolute Gasteiger partial charge is 0.339 e. The Kier molecular flexibility index (Phi) is 5.05. The van der Waals surface area contributed by atoms with E-state index in [1.807, 2.05) is 51.1 Å². The molecule has 1 aliphatic heterocycles. The van der Waals surface area contributed by atoms with Gasteiger partial charge in [0.25, 0.3) is 0 Å². The van der Waals surface area contributed by atoms with Crippen LogP contribution in [0.2, 0.25) is 0 Å². The van der Waals surface area contributed by atoms with Gasteiger partial charge in [-0.2, -0.15) is 0 Å². The van der Waals surface area contributed by atoms with Crippen LogP contribution in [0, 0.1) is 0 Å². The molecule has 1 saturated heterocycles. The molecule has 0 N–H and O–H groups in total. The van der Waals surface area contributed by atoms with Crippen LogP contribution in [-0.4, -0.2) is 24.4 Å². The summed E-state index contributed by atoms with van der Waals surface area (Å²) in [7, 11) is -3.03. The average molecular weight is 310 g/mol. The maximum absolute atomic E-state index is 13.2. The van der Waals surface area contributed by atoms with Gasteiger partial charge in [0.05, 0.1) is 6.61 Å². The molecule has 0 radical (unpaired) electrons. The van der Waals surface area contributed by atoms with E-state index in [0.717, 1.165) is 5.56 Å². The van der Waals surface area contributed by atoms with Crippen molar-refractivity contribution in [1.29, 1.82) is 0 Å². The second-order valence-corrected chi connectivity index (χ2v) is 8.06. The number of allylic oxidation sites excluding steroid dienone is 1. The second kappa shape index (κ2) is 6.45. The lowest BCUT2D eigenvalue weighted by molar-refractivity contribution is -0.142. The highest BCUT2D eigenvalue weighted by molar-refractivity contribution is 7.59. The molecule has 21 heavy (non-hydrogen) atoms. The van der Waals surface area contributed by atoms with Crippen molar-refractivity contribution in [2.24, 2.45) is 0 Å². The van der Waals surface area contributed by atoms with Crippen LogP contribution >= 0.6 is 7.37 Å². The molecule has 116 valence electrons. The highest BCUT2D eigenvalue weighted by Gasteiger charge is 2.51. The normalized spacial score (nSPS) is 27.2. The van der Waals surface area contributed by atoms with Crippen LogP contribution in [0.25, 0.3) is 0 Å². The first-order valence-electron chi connectivity index (χ1n) is 7.16. The van der Waals surface area contributed by atoms with Gasteiger partial charge in [-0.25, -0.2) is 0 Å². The van der Waals surface area contributed by atoms with Crippen LogP contribution in [0.15, 0.2) is 43.0 Å². The number of hydrogen-bond acceptors (Lipinski definition) is 4. The monoisotopic (exact) mass is 310 g/mol. The highest BCUT2D eigenvalue weighted by atomic mass is 31.2. The molecule has 0 saturated carbocycles. The van der Waals surface area contributed by atoms with Crippen LogP contribution in [0.5, 0.6) is 0 Å². The molecule has 0 spiro atoms. The van der Waals surface area contributed by atoms with Gasteiger partial charge in [-0.15, -0.1) is 6.58 Å². The maximum Gasteiger partial charge on any atom is 0.237 e. The lowest BCUT2D eigenvalue weighted by Gasteiger charge is -2.26. The highest BCUT2D eigenvalue weighted by Crippen LogP contribution is 2.61. The fourth-order valence-electron chi connectivity index (χ4n) is 2.53. The molecule has 1 heterocycles. The third-order valence-electron chi connectivity index (χ3n) is 3.32. The van der Waals surface area contributed by atoms with Crippen LogP contribution in [0.1, 0.15) is 32.4 Å². The zero-order chi connectivity index (χ0) is 15.5. The van der Waals surface area contributed by atoms with E-state index in [1.165, 1.54) is 0 Å². The number of ether oxygens (including phenoxy) is 2. The van der Waals surface area contributed by atoms with E-state index in [-0.39, 0.29) is 6.16 Å². The number of rotatable bonds is 6. The van der Waals surface area contributed by atoms with Crippen molar-refractivity contribution in [2.45, 2.75) is 38.5 Å². The molecular weight excluding hydrogens is 287 g/mol. The van der Waals surface area contributed by atoms with Crippen LogP contribution in [0.3, 0.4) is 0 Å². The van der Waals surface area contributed by atoms with Crippen LogP contribution in [-0.2, 0) is 18.6 Å². The van der Waals surface area contributed by atoms with Crippen molar-refractivity contribution in [3.8, 4) is 0 Å². The quantitative estimate of drug-likeness (QED) is 0.579. The number of benzene rings is 1. The van der Waals surface area contributed by atoms with E-state index in [0.29, 0.717) is 6.61 Å². The fraction of sp³-hybridized carbons (Fsp3) is 0.500. The Hall–Kier alpha value is -0.930. The van der Waals surface area contributed by atoms with Crippen molar-refractivity contribution >= 4 is 7.37 Å². The van der Waals surface area contributed by atoms with Gasteiger partial charge in [0.1, 0.15) is 6.10 Å². The Morgan fingerprint density at radius 2 is 2.00 bits per heavy atom. The van der Waals surface area contributed by atoms with E-state index >= 15 is 0 Å². The summed E-state index contributed by atoms with van der Waals surface area (Å²) in [5, 5.41) is 0. The standard InChI is InChI=1S/C16H23O4P/c1-5-12-21(17,18-6-2)15-14(19-16(3,4)20-15)13-10-8-7-9-11-13/h5,7-11,14-15H,1,6,12H2,2-4H3/t14-,15-,21?/m0/s1. The smallest absolute Gasteiger partial charge is 0.237 e. The minimum absolute atomic E-state index is 0.272. The summed E-state index contributed by atoms with van der Waals surface area (Å²) in [6.07, 6.45) is 1.49. The molecule has 1 unspecified atom stereocenters. The zero-order valence-corrected chi connectivity index (χ0v) is 13.7. The molecule has 0 aliphatic carbocycles. The van der Waals surface area contributed by atoms with Crippen molar-refractivity contribution < 1.29 is 18.6 Å². The van der Waals surface area contributed by atoms with Gasteiger partial charge in [0.2, 0.25) is 7.37 Å². The van der Waals surface area contributed by atoms with Crippen molar-refractivity contribution in [2.75, 3.05) is 12.8 Å². The Morgan fingerprint density at radius 3 is 2.57 bits per heavy atom. The summed E-state index contributed by atoms with van der Waals surface area (Å²) in [4.78, 5) is 0. The Bertz CT molecular complexity index is 526. The zero-order valence-electron chi connectivity index (χ0n) is 12.8. The Labute approximate surface area is 126 Å². The summed E-state index contributed by atoms with van der Waals surface area (Å²) in [6.45, 7) is 9.53. The van der Waals surface area contributed by atoms with Crippen molar-refractivity contribution in [1.82, 2.24) is 0 Å². The van der Waals surface area contributed by atoms with Gasteiger partial charge in [0.15, 0.2) is 11.6 Å². The molecule has 1 aromatic carbocycles. The maximum atomic E-state index is 13.2. The Morgan fingerprint density at radius 1 is 1.33 bits per heavy atom. The van der Waals surface area contributed by atoms with Crippen LogP contribution in [0.4, 0.5) is 0 Å². The summed E-state index contributed by atoms with van der Waals surface area (Å²) in [5.41, 5.74) is 0.942. The molecule has 5 heteroatoms. The first-order valence-corrected chi connectivity index (χ1v) is 9.04. The van der Waals surface area contributed by atoms with E-state index in [4.69, 9.17) is 14.0 Å². The van der Waals surface area contributed by atoms with Crippen molar-refractivity contribution in [3.63, 3.8) is 0 Å². The molecule has 1 aliphatic rings. The predicted octanol–water partition coefficient (Wildman–Crippen LogP) is 4.34. The third kappa shape index (κ3) is 3.64. The lowest BCUT2D eigenvalue weighted by atomic mass is 10.1. The van der Waals surface area contributed by atoms with Crippen LogP contribution < -0.4 is 0 Å². The first-order chi connectivity index (χ1) is 9.92. The summed E-state index contributed by atoms with van der Waals surface area (Å²) in [6, 6.07) is 9.70. The van der Waals surface area contributed by atoms with E-state index < -0.39 is 25.1 Å². The van der Waals surface area contributed by atoms with Gasteiger partial charge in [0, 0.05) is 6.16 Å². The summed E-state index contributed by atoms with van der Waals surface area (Å²) < 4.78 is 30.7. The molecule has 0 amide bonds. The summed E-state index contributed by atoms with van der Waals surface area (Å²) in [5.74, 6) is -1.41. The molecule has 1 aromatic rings. The predicted molar refractivity (Wildman–Crippen MR) is 83.5 cm³/mol. The SMILES string of the molecule is C=CCP(=O)(OCC)[C@@H]1OC(C)(C)O[C@H]1c1ccccc1. The fourth-order valence-corrected chi connectivity index (χ4v) is 4.85. The number of hydrogen-bond donors (Lipinski definition) is 0. The topological polar surface area (TPSA) is 44.8 Å². The van der Waals surface area contributed by atoms with Gasteiger partial charge < -0.3 is 14.0 Å². The molecule has 2 rings (SSSR count). The molecule has 4 nitrogen and oxygen atoms in total. The summed E-state index contributed by atoms with van der Waals surface area (Å²) >= 11 is 0. The lowest BCUT2D eigenvalue weighted by Crippen LogP contribution is -2.22. The third-order valence-corrected chi connectivity index (χ3v) is 5.94. The van der Waals surface area contributed by atoms with Gasteiger partial charge in [-0.1, -0.05) is 36.4 Å². The van der Waals surface area contributed by atoms with Crippen molar-refractivity contribution in [3.05, 3.63) is 48.6 Å². The van der Waals surface area contributed by atoms with Gasteiger partial charge in [-0.3, -0.25) is 4.57 Å². The first kappa shape index (κ1) is 16.4. The van der Waals surface area contributed by atoms with Gasteiger partial charge >= 0.3 is 0 Å². The molecule has 0 bridgehead atoms. The second-order valence-electron chi connectivity index (χ2n) is 5.47. The average Bonchev–Trinajstić information content (AvgIpc) is 2.77. The Balaban J connectivity index is 2.38. The van der Waals surface area contributed by atoms with E-state index in [9.17, 15) is 4.57 Å². The molecular formula is C16H23O4P. The molecule has 3 atom stereocenters. The van der Waals surface area contributed by atoms with E-state index in [1.54, 1.807) is 6.08 Å². The minimum Gasteiger partial charge on any atom is -0.339 e. The molecule has 1 fully saturated rings. The molecule has 0 aromatic heterocycles. The minimum atomic E-state index is -3.03. The van der Waals surface area contributed by atoms with Gasteiger partial charge in [-0.05, 0) is 26.3 Å².